The quantitative estimate of drug-likeness (QED) is 0.680. The molecule has 0 fully saturated rings. The van der Waals surface area contributed by atoms with Gasteiger partial charge in [0.15, 0.2) is 5.69 Å². The van der Waals surface area contributed by atoms with Crippen molar-refractivity contribution >= 4 is 20.7 Å². The molecule has 122 valence electrons. The number of halogens is 3. The fourth-order valence-electron chi connectivity index (χ4n) is 2.25. The second-order valence-corrected chi connectivity index (χ2v) is 6.52. The number of hydrogen-bond acceptors (Lipinski definition) is 2. The minimum atomic E-state index is -4.50. The van der Waals surface area contributed by atoms with Gasteiger partial charge in [-0.1, -0.05) is 30.3 Å². The summed E-state index contributed by atoms with van der Waals surface area (Å²) in [6, 6.07) is 17.2. The summed E-state index contributed by atoms with van der Waals surface area (Å²) in [6.45, 7) is -0.00152. The standard InChI is InChI=1S/C17H12F3N2O.Al.2H/c18-17(19,20)16-11-14(12-23-15-9-5-2-6-10-15)22(21-16)13-7-3-1-4-8-13;;;/h1,3-11H,12H2;;;. The van der Waals surface area contributed by atoms with E-state index < -0.39 is 11.9 Å². The van der Waals surface area contributed by atoms with E-state index in [0.29, 0.717) is 17.1 Å². The molecule has 7 heteroatoms. The molecule has 2 aromatic carbocycles. The SMILES string of the molecule is FC(F)(F)c1cc(COc2cc[c]([AlH2])cc2)n(-c2ccccc2)n1. The van der Waals surface area contributed by atoms with E-state index >= 15 is 0 Å². The Hall–Kier alpha value is -2.23. The van der Waals surface area contributed by atoms with Crippen LogP contribution in [0.3, 0.4) is 0 Å². The predicted molar refractivity (Wildman–Crippen MR) is 87.5 cm³/mol. The largest absolute Gasteiger partial charge is 0.487 e. The Morgan fingerprint density at radius 1 is 1.00 bits per heavy atom. The third-order valence-electron chi connectivity index (χ3n) is 3.48. The van der Waals surface area contributed by atoms with E-state index in [1.54, 1.807) is 30.3 Å². The van der Waals surface area contributed by atoms with Crippen LogP contribution < -0.4 is 9.16 Å². The zero-order chi connectivity index (χ0) is 17.2. The van der Waals surface area contributed by atoms with Crippen LogP contribution in [-0.4, -0.2) is 26.1 Å². The van der Waals surface area contributed by atoms with Gasteiger partial charge in [0.1, 0.15) is 12.4 Å². The minimum Gasteiger partial charge on any atom is -0.487 e. The van der Waals surface area contributed by atoms with Crippen LogP contribution in [0, 0.1) is 0 Å². The maximum absolute atomic E-state index is 13.0. The average molecular weight is 346 g/mol. The molecule has 1 heterocycles. The van der Waals surface area contributed by atoms with Crippen LogP contribution in [0.4, 0.5) is 13.2 Å². The lowest BCUT2D eigenvalue weighted by Gasteiger charge is -2.09. The molecule has 0 aliphatic rings. The van der Waals surface area contributed by atoms with E-state index in [1.807, 2.05) is 24.3 Å². The smallest absolute Gasteiger partial charge is 0.435 e. The molecule has 0 amide bonds. The summed E-state index contributed by atoms with van der Waals surface area (Å²) in [6.07, 6.45) is -4.50. The molecule has 0 spiro atoms. The van der Waals surface area contributed by atoms with E-state index in [2.05, 4.69) is 5.10 Å². The third-order valence-corrected chi connectivity index (χ3v) is 4.15. The first-order chi connectivity index (χ1) is 11.4. The third kappa shape index (κ3) is 3.81. The van der Waals surface area contributed by atoms with Gasteiger partial charge < -0.3 is 4.74 Å². The number of hydrogen-bond donors (Lipinski definition) is 0. The van der Waals surface area contributed by atoms with Crippen molar-refractivity contribution in [2.24, 2.45) is 0 Å². The van der Waals surface area contributed by atoms with Gasteiger partial charge in [0.2, 0.25) is 0 Å². The maximum atomic E-state index is 13.0. The maximum Gasteiger partial charge on any atom is 0.435 e. The Kier molecular flexibility index (Phi) is 4.65. The minimum absolute atomic E-state index is 0.00152. The molecule has 0 unspecified atom stereocenters. The van der Waals surface area contributed by atoms with E-state index in [9.17, 15) is 13.2 Å². The Morgan fingerprint density at radius 2 is 1.67 bits per heavy atom. The van der Waals surface area contributed by atoms with Crippen LogP contribution in [0.2, 0.25) is 0 Å². The van der Waals surface area contributed by atoms with Gasteiger partial charge in [-0.2, -0.15) is 18.3 Å². The highest BCUT2D eigenvalue weighted by atomic mass is 27.0. The number of rotatable bonds is 4. The number of para-hydroxylation sites is 1. The molecule has 0 aliphatic carbocycles. The highest BCUT2D eigenvalue weighted by Gasteiger charge is 2.35. The lowest BCUT2D eigenvalue weighted by Crippen LogP contribution is -2.08. The summed E-state index contributed by atoms with van der Waals surface area (Å²) >= 11 is 0.937. The van der Waals surface area contributed by atoms with Crippen molar-refractivity contribution in [1.29, 1.82) is 0 Å². The lowest BCUT2D eigenvalue weighted by molar-refractivity contribution is -0.141. The van der Waals surface area contributed by atoms with Crippen LogP contribution >= 0.6 is 0 Å². The first-order valence-corrected chi connectivity index (χ1v) is 8.34. The molecule has 3 rings (SSSR count). The van der Waals surface area contributed by atoms with Crippen molar-refractivity contribution in [3.05, 3.63) is 72.1 Å². The molecule has 3 aromatic rings. The van der Waals surface area contributed by atoms with E-state index in [0.717, 1.165) is 22.4 Å². The molecule has 0 aliphatic heterocycles. The van der Waals surface area contributed by atoms with Gasteiger partial charge in [0.25, 0.3) is 16.3 Å². The van der Waals surface area contributed by atoms with Gasteiger partial charge in [0.05, 0.1) is 11.4 Å². The Morgan fingerprint density at radius 3 is 2.29 bits per heavy atom. The molecule has 0 saturated heterocycles. The van der Waals surface area contributed by atoms with Gasteiger partial charge in [-0.25, -0.2) is 4.68 Å². The van der Waals surface area contributed by atoms with Crippen LogP contribution in [0.25, 0.3) is 5.69 Å². The molecule has 24 heavy (non-hydrogen) atoms. The van der Waals surface area contributed by atoms with Crippen molar-refractivity contribution in [3.63, 3.8) is 0 Å². The molecule has 0 radical (unpaired) electrons. The number of aromatic nitrogens is 2. The van der Waals surface area contributed by atoms with Crippen molar-refractivity contribution < 1.29 is 17.9 Å². The second-order valence-electron chi connectivity index (χ2n) is 5.37. The fourth-order valence-corrected chi connectivity index (χ4v) is 2.58. The molecule has 0 saturated carbocycles. The molecular formula is C17H14AlF3N2O. The van der Waals surface area contributed by atoms with Crippen LogP contribution in [-0.2, 0) is 12.8 Å². The number of alkyl halides is 3. The topological polar surface area (TPSA) is 27.1 Å². The Balaban J connectivity index is 1.90. The molecule has 0 bridgehead atoms. The molecule has 0 N–H and O–H groups in total. The van der Waals surface area contributed by atoms with Crippen molar-refractivity contribution in [1.82, 2.24) is 9.78 Å². The Bertz CT molecular complexity index is 814. The highest BCUT2D eigenvalue weighted by Crippen LogP contribution is 2.30. The normalized spacial score (nSPS) is 11.5. The summed E-state index contributed by atoms with van der Waals surface area (Å²) in [5.41, 5.74) is -0.0372. The van der Waals surface area contributed by atoms with Gasteiger partial charge in [-0.15, -0.1) is 4.43 Å². The molecule has 0 atom stereocenters. The summed E-state index contributed by atoms with van der Waals surface area (Å²) < 4.78 is 47.1. The molecule has 1 aromatic heterocycles. The van der Waals surface area contributed by atoms with Gasteiger partial charge in [-0.3, -0.25) is 0 Å². The van der Waals surface area contributed by atoms with Crippen LogP contribution in [0.5, 0.6) is 5.75 Å². The number of nitrogens with zero attached hydrogens (tertiary/aromatic N) is 2. The summed E-state index contributed by atoms with van der Waals surface area (Å²) in [5.74, 6) is 0.615. The van der Waals surface area contributed by atoms with Gasteiger partial charge in [-0.05, 0) is 30.3 Å². The second kappa shape index (κ2) is 6.72. The monoisotopic (exact) mass is 346 g/mol. The number of ether oxygens (including phenoxy) is 1. The summed E-state index contributed by atoms with van der Waals surface area (Å²) in [5, 5.41) is 3.70. The number of benzene rings is 2. The first-order valence-electron chi connectivity index (χ1n) is 7.34. The van der Waals surface area contributed by atoms with Crippen molar-refractivity contribution in [2.45, 2.75) is 12.8 Å². The van der Waals surface area contributed by atoms with Crippen LogP contribution in [0.15, 0.2) is 60.7 Å². The average Bonchev–Trinajstić information content (AvgIpc) is 3.00. The predicted octanol–water partition coefficient (Wildman–Crippen LogP) is 2.73. The highest BCUT2D eigenvalue weighted by molar-refractivity contribution is 6.32. The summed E-state index contributed by atoms with van der Waals surface area (Å²) in [4.78, 5) is 0. The van der Waals surface area contributed by atoms with Crippen molar-refractivity contribution in [2.75, 3.05) is 0 Å². The summed E-state index contributed by atoms with van der Waals surface area (Å²) in [7, 11) is 0. The van der Waals surface area contributed by atoms with Crippen molar-refractivity contribution in [3.8, 4) is 11.4 Å². The fraction of sp³-hybridized carbons (Fsp3) is 0.118. The van der Waals surface area contributed by atoms with E-state index in [1.165, 1.54) is 9.11 Å². The lowest BCUT2D eigenvalue weighted by atomic mass is 10.3. The van der Waals surface area contributed by atoms with Crippen LogP contribution in [0.1, 0.15) is 11.4 Å². The van der Waals surface area contributed by atoms with E-state index in [-0.39, 0.29) is 6.61 Å². The zero-order valence-electron chi connectivity index (χ0n) is 12.9. The van der Waals surface area contributed by atoms with E-state index in [4.69, 9.17) is 4.74 Å². The zero-order valence-corrected chi connectivity index (χ0v) is 14.9. The van der Waals surface area contributed by atoms with Gasteiger partial charge in [0, 0.05) is 0 Å². The Labute approximate surface area is 145 Å². The molecule has 3 nitrogen and oxygen atoms in total. The first kappa shape index (κ1) is 16.6. The molecular weight excluding hydrogens is 332 g/mol. The van der Waals surface area contributed by atoms with Gasteiger partial charge >= 0.3 is 6.18 Å².